The van der Waals surface area contributed by atoms with Crippen LogP contribution in [0.25, 0.3) is 0 Å². The van der Waals surface area contributed by atoms with Crippen LogP contribution in [0.3, 0.4) is 0 Å². The molecular weight excluding hydrogens is 439 g/mol. The van der Waals surface area contributed by atoms with Gasteiger partial charge in [0.15, 0.2) is 5.96 Å². The molecule has 1 atom stereocenters. The van der Waals surface area contributed by atoms with Crippen LogP contribution >= 0.6 is 24.0 Å². The summed E-state index contributed by atoms with van der Waals surface area (Å²) in [6.45, 7) is 15.8. The highest BCUT2D eigenvalue weighted by molar-refractivity contribution is 14.0. The standard InChI is InChI=1S/C20H34N4O.HI/c1-6-21-19(23-20(3,4)5)22-15-18(24-11-13-25-14-12-24)17-9-7-16(2)8-10-17;/h7-10,18H,6,11-15H2,1-5H3,(H2,21,22,23);1H. The Morgan fingerprint density at radius 2 is 1.81 bits per heavy atom. The molecule has 0 bridgehead atoms. The smallest absolute Gasteiger partial charge is 0.191 e. The van der Waals surface area contributed by atoms with Crippen LogP contribution in [0.4, 0.5) is 0 Å². The average molecular weight is 474 g/mol. The predicted molar refractivity (Wildman–Crippen MR) is 121 cm³/mol. The fraction of sp³-hybridized carbons (Fsp3) is 0.650. The Balaban J connectivity index is 0.00000338. The third-order valence-electron chi connectivity index (χ3n) is 4.21. The number of halogens is 1. The molecule has 1 heterocycles. The maximum atomic E-state index is 5.53. The number of hydrogen-bond acceptors (Lipinski definition) is 3. The van der Waals surface area contributed by atoms with Gasteiger partial charge in [0.25, 0.3) is 0 Å². The molecule has 26 heavy (non-hydrogen) atoms. The molecule has 1 aromatic rings. The van der Waals surface area contributed by atoms with Crippen molar-refractivity contribution in [3.8, 4) is 0 Å². The van der Waals surface area contributed by atoms with E-state index in [1.165, 1.54) is 11.1 Å². The number of guanidine groups is 1. The maximum Gasteiger partial charge on any atom is 0.191 e. The van der Waals surface area contributed by atoms with Crippen molar-refractivity contribution in [3.63, 3.8) is 0 Å². The topological polar surface area (TPSA) is 48.9 Å². The number of benzene rings is 1. The predicted octanol–water partition coefficient (Wildman–Crippen LogP) is 3.34. The zero-order valence-electron chi connectivity index (χ0n) is 16.8. The third kappa shape index (κ3) is 7.80. The van der Waals surface area contributed by atoms with Gasteiger partial charge in [0.2, 0.25) is 0 Å². The van der Waals surface area contributed by atoms with Crippen LogP contribution in [0.2, 0.25) is 0 Å². The summed E-state index contributed by atoms with van der Waals surface area (Å²) in [5, 5.41) is 6.83. The highest BCUT2D eigenvalue weighted by Gasteiger charge is 2.23. The minimum Gasteiger partial charge on any atom is -0.379 e. The Morgan fingerprint density at radius 1 is 1.19 bits per heavy atom. The van der Waals surface area contributed by atoms with Gasteiger partial charge in [-0.1, -0.05) is 29.8 Å². The number of ether oxygens (including phenoxy) is 1. The van der Waals surface area contributed by atoms with E-state index in [1.54, 1.807) is 0 Å². The minimum atomic E-state index is -0.0146. The number of morpholine rings is 1. The van der Waals surface area contributed by atoms with Gasteiger partial charge in [-0.05, 0) is 40.2 Å². The summed E-state index contributed by atoms with van der Waals surface area (Å²) in [5.41, 5.74) is 2.60. The first-order valence-corrected chi connectivity index (χ1v) is 9.34. The molecule has 1 aliphatic rings. The number of nitrogens with zero attached hydrogens (tertiary/aromatic N) is 2. The second-order valence-electron chi connectivity index (χ2n) is 7.67. The Hall–Kier alpha value is -0.860. The summed E-state index contributed by atoms with van der Waals surface area (Å²) >= 11 is 0. The minimum absolute atomic E-state index is 0. The highest BCUT2D eigenvalue weighted by atomic mass is 127. The van der Waals surface area contributed by atoms with Gasteiger partial charge in [-0.15, -0.1) is 24.0 Å². The molecule has 1 unspecified atom stereocenters. The summed E-state index contributed by atoms with van der Waals surface area (Å²) < 4.78 is 5.53. The number of hydrogen-bond donors (Lipinski definition) is 2. The van der Waals surface area contributed by atoms with Crippen molar-refractivity contribution in [2.45, 2.75) is 46.2 Å². The molecule has 0 spiro atoms. The van der Waals surface area contributed by atoms with Crippen LogP contribution in [-0.2, 0) is 4.74 Å². The summed E-state index contributed by atoms with van der Waals surface area (Å²) in [6.07, 6.45) is 0. The van der Waals surface area contributed by atoms with E-state index >= 15 is 0 Å². The molecule has 1 aromatic carbocycles. The molecule has 1 saturated heterocycles. The zero-order valence-corrected chi connectivity index (χ0v) is 19.2. The van der Waals surface area contributed by atoms with E-state index in [2.05, 4.69) is 74.4 Å². The molecule has 0 aliphatic carbocycles. The number of nitrogens with one attached hydrogen (secondary N) is 2. The summed E-state index contributed by atoms with van der Waals surface area (Å²) in [6, 6.07) is 9.11. The lowest BCUT2D eigenvalue weighted by Gasteiger charge is -2.34. The summed E-state index contributed by atoms with van der Waals surface area (Å²) in [7, 11) is 0. The van der Waals surface area contributed by atoms with Crippen molar-refractivity contribution in [3.05, 3.63) is 35.4 Å². The van der Waals surface area contributed by atoms with Crippen molar-refractivity contribution >= 4 is 29.9 Å². The van der Waals surface area contributed by atoms with Crippen LogP contribution in [0.5, 0.6) is 0 Å². The Labute approximate surface area is 176 Å². The van der Waals surface area contributed by atoms with Crippen molar-refractivity contribution in [2.24, 2.45) is 4.99 Å². The van der Waals surface area contributed by atoms with Gasteiger partial charge >= 0.3 is 0 Å². The van der Waals surface area contributed by atoms with E-state index in [0.29, 0.717) is 0 Å². The van der Waals surface area contributed by atoms with Crippen LogP contribution in [0, 0.1) is 6.92 Å². The number of aliphatic imine (C=N–C) groups is 1. The first kappa shape index (κ1) is 23.2. The van der Waals surface area contributed by atoms with Gasteiger partial charge in [-0.2, -0.15) is 0 Å². The zero-order chi connectivity index (χ0) is 18.3. The second kappa shape index (κ2) is 11.1. The lowest BCUT2D eigenvalue weighted by molar-refractivity contribution is 0.0179. The molecule has 2 rings (SSSR count). The fourth-order valence-electron chi connectivity index (χ4n) is 2.95. The van der Waals surface area contributed by atoms with Crippen LogP contribution < -0.4 is 10.6 Å². The van der Waals surface area contributed by atoms with Gasteiger partial charge in [0.1, 0.15) is 0 Å². The molecule has 0 aromatic heterocycles. The van der Waals surface area contributed by atoms with Crippen LogP contribution in [0.15, 0.2) is 29.3 Å². The van der Waals surface area contributed by atoms with E-state index in [-0.39, 0.29) is 35.6 Å². The lowest BCUT2D eigenvalue weighted by Crippen LogP contribution is -2.48. The second-order valence-corrected chi connectivity index (χ2v) is 7.67. The van der Waals surface area contributed by atoms with Gasteiger partial charge < -0.3 is 15.4 Å². The molecular formula is C20H35IN4O. The van der Waals surface area contributed by atoms with E-state index in [1.807, 2.05) is 0 Å². The summed E-state index contributed by atoms with van der Waals surface area (Å²) in [5.74, 6) is 0.875. The fourth-order valence-corrected chi connectivity index (χ4v) is 2.95. The van der Waals surface area contributed by atoms with E-state index < -0.39 is 0 Å². The number of aryl methyl sites for hydroxylation is 1. The normalized spacial score (nSPS) is 17.3. The molecule has 0 saturated carbocycles. The first-order chi connectivity index (χ1) is 11.9. The van der Waals surface area contributed by atoms with E-state index in [9.17, 15) is 0 Å². The molecule has 5 nitrogen and oxygen atoms in total. The lowest BCUT2D eigenvalue weighted by atomic mass is 10.0. The Morgan fingerprint density at radius 3 is 2.35 bits per heavy atom. The molecule has 0 radical (unpaired) electrons. The molecule has 148 valence electrons. The van der Waals surface area contributed by atoms with Gasteiger partial charge in [-0.25, -0.2) is 0 Å². The third-order valence-corrected chi connectivity index (χ3v) is 4.21. The first-order valence-electron chi connectivity index (χ1n) is 9.34. The van der Waals surface area contributed by atoms with Gasteiger partial charge in [-0.3, -0.25) is 9.89 Å². The quantitative estimate of drug-likeness (QED) is 0.391. The van der Waals surface area contributed by atoms with Crippen molar-refractivity contribution in [1.82, 2.24) is 15.5 Å². The van der Waals surface area contributed by atoms with Gasteiger partial charge in [0.05, 0.1) is 25.8 Å². The molecule has 2 N–H and O–H groups in total. The van der Waals surface area contributed by atoms with Crippen molar-refractivity contribution < 1.29 is 4.74 Å². The molecule has 6 heteroatoms. The summed E-state index contributed by atoms with van der Waals surface area (Å²) in [4.78, 5) is 7.37. The monoisotopic (exact) mass is 474 g/mol. The molecule has 1 aliphatic heterocycles. The van der Waals surface area contributed by atoms with E-state index in [0.717, 1.165) is 45.4 Å². The van der Waals surface area contributed by atoms with E-state index in [4.69, 9.17) is 9.73 Å². The Kier molecular flexibility index (Phi) is 9.89. The van der Waals surface area contributed by atoms with Crippen molar-refractivity contribution in [1.29, 1.82) is 0 Å². The molecule has 0 amide bonds. The SMILES string of the molecule is CCNC(=NCC(c1ccc(C)cc1)N1CCOCC1)NC(C)(C)C.I. The highest BCUT2D eigenvalue weighted by Crippen LogP contribution is 2.23. The number of rotatable bonds is 5. The van der Waals surface area contributed by atoms with Crippen LogP contribution in [-0.4, -0.2) is 55.8 Å². The Bertz CT molecular complexity index is 548. The van der Waals surface area contributed by atoms with Crippen LogP contribution in [0.1, 0.15) is 44.9 Å². The van der Waals surface area contributed by atoms with Crippen molar-refractivity contribution in [2.75, 3.05) is 39.4 Å². The maximum absolute atomic E-state index is 5.53. The molecule has 1 fully saturated rings. The largest absolute Gasteiger partial charge is 0.379 e. The van der Waals surface area contributed by atoms with Gasteiger partial charge in [0, 0.05) is 25.2 Å². The average Bonchev–Trinajstić information content (AvgIpc) is 2.56.